The lowest BCUT2D eigenvalue weighted by molar-refractivity contribution is -0.140. The number of rotatable bonds is 4. The van der Waals surface area contributed by atoms with Crippen LogP contribution >= 0.6 is 0 Å². The molecule has 3 fully saturated rings. The van der Waals surface area contributed by atoms with Crippen LogP contribution in [0.15, 0.2) is 30.3 Å². The van der Waals surface area contributed by atoms with Crippen molar-refractivity contribution in [1.29, 1.82) is 0 Å². The fraction of sp³-hybridized carbons (Fsp3) is 0.571. The molecule has 2 saturated heterocycles. The molecular weight excluding hydrogens is 342 g/mol. The van der Waals surface area contributed by atoms with E-state index < -0.39 is 0 Å². The van der Waals surface area contributed by atoms with Crippen LogP contribution < -0.4 is 4.90 Å². The normalized spacial score (nSPS) is 25.7. The number of nitrogens with zero attached hydrogens (tertiary/aromatic N) is 3. The summed E-state index contributed by atoms with van der Waals surface area (Å²) in [6.07, 6.45) is 3.93. The highest BCUT2D eigenvalue weighted by Crippen LogP contribution is 2.38. The Morgan fingerprint density at radius 3 is 2.07 bits per heavy atom. The van der Waals surface area contributed by atoms with Gasteiger partial charge in [0.15, 0.2) is 0 Å². The van der Waals surface area contributed by atoms with Crippen molar-refractivity contribution in [3.8, 4) is 0 Å². The van der Waals surface area contributed by atoms with Gasteiger partial charge in [0.25, 0.3) is 0 Å². The molecule has 1 aromatic carbocycles. The van der Waals surface area contributed by atoms with Crippen LogP contribution in [0.2, 0.25) is 0 Å². The molecule has 6 heteroatoms. The molecule has 2 atom stereocenters. The summed E-state index contributed by atoms with van der Waals surface area (Å²) in [5.41, 5.74) is 1.18. The number of hydrogen-bond donors (Lipinski definition) is 0. The van der Waals surface area contributed by atoms with Gasteiger partial charge >= 0.3 is 0 Å². The van der Waals surface area contributed by atoms with Gasteiger partial charge in [0.1, 0.15) is 0 Å². The number of piperazine rings is 1. The molecule has 3 amide bonds. The first-order chi connectivity index (χ1) is 13.1. The van der Waals surface area contributed by atoms with Crippen LogP contribution in [0.4, 0.5) is 5.69 Å². The smallest absolute Gasteiger partial charge is 0.233 e. The number of amides is 3. The van der Waals surface area contributed by atoms with Gasteiger partial charge in [-0.25, -0.2) is 0 Å². The molecular formula is C21H27N3O3. The molecule has 1 aliphatic carbocycles. The van der Waals surface area contributed by atoms with Crippen molar-refractivity contribution >= 4 is 23.4 Å². The second kappa shape index (κ2) is 7.71. The molecule has 6 nitrogen and oxygen atoms in total. The third-order valence-electron chi connectivity index (χ3n) is 6.24. The maximum absolute atomic E-state index is 12.6. The third kappa shape index (κ3) is 3.57. The van der Waals surface area contributed by atoms with E-state index >= 15 is 0 Å². The Bertz CT molecular complexity index is 689. The molecule has 4 rings (SSSR count). The predicted molar refractivity (Wildman–Crippen MR) is 102 cm³/mol. The highest BCUT2D eigenvalue weighted by Gasteiger charge is 2.47. The molecule has 0 radical (unpaired) electrons. The van der Waals surface area contributed by atoms with Crippen molar-refractivity contribution in [2.75, 3.05) is 37.6 Å². The van der Waals surface area contributed by atoms with Gasteiger partial charge in [0, 0.05) is 44.8 Å². The van der Waals surface area contributed by atoms with Crippen LogP contribution in [0.25, 0.3) is 0 Å². The maximum Gasteiger partial charge on any atom is 0.233 e. The maximum atomic E-state index is 12.6. The standard InChI is InChI=1S/C21H27N3O3/c25-19(23-14-12-22(13-15-23)16-6-2-1-3-7-16)10-11-24-20(26)17-8-4-5-9-18(17)21(24)27/h1-3,6-7,17-18H,4-5,8-15H2/t17-,18-/m1/s1. The third-order valence-corrected chi connectivity index (χ3v) is 6.24. The van der Waals surface area contributed by atoms with Gasteiger partial charge in [-0.3, -0.25) is 19.3 Å². The summed E-state index contributed by atoms with van der Waals surface area (Å²) in [5.74, 6) is -0.317. The second-order valence-corrected chi connectivity index (χ2v) is 7.78. The molecule has 3 aliphatic rings. The summed E-state index contributed by atoms with van der Waals surface area (Å²) >= 11 is 0. The fourth-order valence-electron chi connectivity index (χ4n) is 4.67. The van der Waals surface area contributed by atoms with Crippen LogP contribution in [0, 0.1) is 11.8 Å². The molecule has 27 heavy (non-hydrogen) atoms. The quantitative estimate of drug-likeness (QED) is 0.761. The summed E-state index contributed by atoms with van der Waals surface area (Å²) in [6, 6.07) is 10.2. The zero-order valence-corrected chi connectivity index (χ0v) is 15.7. The van der Waals surface area contributed by atoms with Gasteiger partial charge in [-0.1, -0.05) is 31.0 Å². The van der Waals surface area contributed by atoms with Crippen LogP contribution in [-0.2, 0) is 14.4 Å². The Morgan fingerprint density at radius 2 is 1.48 bits per heavy atom. The average Bonchev–Trinajstić information content (AvgIpc) is 2.97. The first kappa shape index (κ1) is 18.0. The molecule has 0 aromatic heterocycles. The van der Waals surface area contributed by atoms with E-state index in [0.29, 0.717) is 13.1 Å². The Hall–Kier alpha value is -2.37. The topological polar surface area (TPSA) is 60.9 Å². The van der Waals surface area contributed by atoms with Crippen molar-refractivity contribution < 1.29 is 14.4 Å². The molecule has 144 valence electrons. The number of anilines is 1. The minimum Gasteiger partial charge on any atom is -0.368 e. The van der Waals surface area contributed by atoms with E-state index in [1.165, 1.54) is 10.6 Å². The number of carbonyl (C=O) groups is 3. The lowest BCUT2D eigenvalue weighted by Gasteiger charge is -2.36. The SMILES string of the molecule is O=C(CCN1C(=O)[C@@H]2CCCC[C@H]2C1=O)N1CCN(c2ccccc2)CC1. The lowest BCUT2D eigenvalue weighted by atomic mass is 9.81. The van der Waals surface area contributed by atoms with E-state index in [-0.39, 0.29) is 42.5 Å². The molecule has 0 spiro atoms. The lowest BCUT2D eigenvalue weighted by Crippen LogP contribution is -2.49. The van der Waals surface area contributed by atoms with Crippen LogP contribution in [-0.4, -0.2) is 60.2 Å². The largest absolute Gasteiger partial charge is 0.368 e. The number of likely N-dealkylation sites (tertiary alicyclic amines) is 1. The highest BCUT2D eigenvalue weighted by atomic mass is 16.2. The Morgan fingerprint density at radius 1 is 0.889 bits per heavy atom. The van der Waals surface area contributed by atoms with Crippen LogP contribution in [0.3, 0.4) is 0 Å². The number of para-hydroxylation sites is 1. The minimum atomic E-state index is -0.129. The summed E-state index contributed by atoms with van der Waals surface area (Å²) in [7, 11) is 0. The Kier molecular flexibility index (Phi) is 5.14. The molecule has 1 saturated carbocycles. The summed E-state index contributed by atoms with van der Waals surface area (Å²) < 4.78 is 0. The predicted octanol–water partition coefficient (Wildman–Crippen LogP) is 1.90. The van der Waals surface area contributed by atoms with Crippen molar-refractivity contribution in [1.82, 2.24) is 9.80 Å². The number of carbonyl (C=O) groups excluding carboxylic acids is 3. The number of benzene rings is 1. The summed E-state index contributed by atoms with van der Waals surface area (Å²) in [6.45, 7) is 3.22. The van der Waals surface area contributed by atoms with Crippen LogP contribution in [0.1, 0.15) is 32.1 Å². The number of fused-ring (bicyclic) bond motifs is 1. The van der Waals surface area contributed by atoms with E-state index in [1.54, 1.807) is 0 Å². The first-order valence-corrected chi connectivity index (χ1v) is 10.1. The van der Waals surface area contributed by atoms with E-state index in [2.05, 4.69) is 17.0 Å². The fourth-order valence-corrected chi connectivity index (χ4v) is 4.67. The Labute approximate surface area is 160 Å². The van der Waals surface area contributed by atoms with Gasteiger partial charge < -0.3 is 9.80 Å². The summed E-state index contributed by atoms with van der Waals surface area (Å²) in [5, 5.41) is 0. The van der Waals surface area contributed by atoms with Crippen molar-refractivity contribution in [2.24, 2.45) is 11.8 Å². The number of hydrogen-bond acceptors (Lipinski definition) is 4. The number of imide groups is 1. The van der Waals surface area contributed by atoms with Crippen LogP contribution in [0.5, 0.6) is 0 Å². The first-order valence-electron chi connectivity index (χ1n) is 10.1. The highest BCUT2D eigenvalue weighted by molar-refractivity contribution is 6.05. The van der Waals surface area contributed by atoms with Gasteiger partial charge in [0.05, 0.1) is 11.8 Å². The summed E-state index contributed by atoms with van der Waals surface area (Å²) in [4.78, 5) is 43.1. The monoisotopic (exact) mass is 369 g/mol. The van der Waals surface area contributed by atoms with E-state index in [0.717, 1.165) is 38.8 Å². The minimum absolute atomic E-state index is 0.0400. The zero-order valence-electron chi connectivity index (χ0n) is 15.7. The van der Waals surface area contributed by atoms with E-state index in [1.807, 2.05) is 23.1 Å². The molecule has 0 unspecified atom stereocenters. The molecule has 0 N–H and O–H groups in total. The van der Waals surface area contributed by atoms with Crippen molar-refractivity contribution in [3.05, 3.63) is 30.3 Å². The molecule has 2 aliphatic heterocycles. The van der Waals surface area contributed by atoms with Gasteiger partial charge in [-0.15, -0.1) is 0 Å². The van der Waals surface area contributed by atoms with E-state index in [9.17, 15) is 14.4 Å². The van der Waals surface area contributed by atoms with Gasteiger partial charge in [-0.05, 0) is 25.0 Å². The van der Waals surface area contributed by atoms with Gasteiger partial charge in [-0.2, -0.15) is 0 Å². The Balaban J connectivity index is 1.28. The molecule has 2 heterocycles. The average molecular weight is 369 g/mol. The molecule has 0 bridgehead atoms. The van der Waals surface area contributed by atoms with Crippen molar-refractivity contribution in [2.45, 2.75) is 32.1 Å². The van der Waals surface area contributed by atoms with Crippen molar-refractivity contribution in [3.63, 3.8) is 0 Å². The zero-order chi connectivity index (χ0) is 18.8. The van der Waals surface area contributed by atoms with E-state index in [4.69, 9.17) is 0 Å². The second-order valence-electron chi connectivity index (χ2n) is 7.78. The van der Waals surface area contributed by atoms with Gasteiger partial charge in [0.2, 0.25) is 17.7 Å². The molecule has 1 aromatic rings.